The molecule has 7 nitrogen and oxygen atoms in total. The van der Waals surface area contributed by atoms with Gasteiger partial charge in [-0.05, 0) is 44.5 Å². The predicted octanol–water partition coefficient (Wildman–Crippen LogP) is 5.17. The Kier molecular flexibility index (Phi) is 7.07. The van der Waals surface area contributed by atoms with Crippen LogP contribution in [0.2, 0.25) is 5.02 Å². The summed E-state index contributed by atoms with van der Waals surface area (Å²) in [6.07, 6.45) is -0.599. The van der Waals surface area contributed by atoms with Gasteiger partial charge in [0.15, 0.2) is 0 Å². The number of benzene rings is 2. The number of hydrogen-bond acceptors (Lipinski definition) is 6. The van der Waals surface area contributed by atoms with Crippen molar-refractivity contribution in [3.63, 3.8) is 0 Å². The highest BCUT2D eigenvalue weighted by molar-refractivity contribution is 6.30. The summed E-state index contributed by atoms with van der Waals surface area (Å²) in [5.41, 5.74) is 1.06. The Labute approximate surface area is 180 Å². The number of amides is 1. The number of aromatic nitrogens is 2. The van der Waals surface area contributed by atoms with Gasteiger partial charge in [0.05, 0.1) is 13.2 Å². The predicted molar refractivity (Wildman–Crippen MR) is 113 cm³/mol. The first-order valence-corrected chi connectivity index (χ1v) is 9.88. The molecule has 3 rings (SSSR count). The first-order chi connectivity index (χ1) is 14.3. The third-order valence-corrected chi connectivity index (χ3v) is 4.13. The van der Waals surface area contributed by atoms with E-state index < -0.39 is 17.7 Å². The molecule has 0 spiro atoms. The van der Waals surface area contributed by atoms with Crippen LogP contribution < -0.4 is 5.32 Å². The molecule has 30 heavy (non-hydrogen) atoms. The maximum Gasteiger partial charge on any atom is 0.408 e. The van der Waals surface area contributed by atoms with E-state index in [0.717, 1.165) is 5.56 Å². The molecule has 2 aromatic carbocycles. The summed E-state index contributed by atoms with van der Waals surface area (Å²) in [4.78, 5) is 12.3. The number of rotatable bonds is 7. The molecule has 0 radical (unpaired) electrons. The molecule has 1 atom stereocenters. The van der Waals surface area contributed by atoms with Crippen LogP contribution in [-0.4, -0.2) is 28.5 Å². The SMILES string of the molecule is CC(C)(C)OC(=O)N[C@H](COCc1ccccc1)c1nnc(-c2cccc(Cl)c2)o1. The molecule has 0 aliphatic heterocycles. The molecule has 0 saturated heterocycles. The zero-order chi connectivity index (χ0) is 21.6. The summed E-state index contributed by atoms with van der Waals surface area (Å²) in [6, 6.07) is 16.1. The fraction of sp³-hybridized carbons (Fsp3) is 0.318. The Morgan fingerprint density at radius 1 is 1.13 bits per heavy atom. The second-order valence-corrected chi connectivity index (χ2v) is 8.09. The zero-order valence-electron chi connectivity index (χ0n) is 17.1. The Balaban J connectivity index is 1.73. The van der Waals surface area contributed by atoms with E-state index in [-0.39, 0.29) is 12.5 Å². The molecule has 0 saturated carbocycles. The van der Waals surface area contributed by atoms with Crippen LogP contribution in [0.1, 0.15) is 38.3 Å². The zero-order valence-corrected chi connectivity index (χ0v) is 17.8. The molecule has 1 N–H and O–H groups in total. The van der Waals surface area contributed by atoms with Crippen LogP contribution in [-0.2, 0) is 16.1 Å². The van der Waals surface area contributed by atoms with Gasteiger partial charge in [0.1, 0.15) is 11.6 Å². The molecule has 8 heteroatoms. The van der Waals surface area contributed by atoms with Crippen molar-refractivity contribution in [3.05, 3.63) is 71.1 Å². The molecule has 158 valence electrons. The van der Waals surface area contributed by atoms with Gasteiger partial charge in [-0.3, -0.25) is 0 Å². The number of carbonyl (C=O) groups is 1. The minimum Gasteiger partial charge on any atom is -0.444 e. The van der Waals surface area contributed by atoms with Gasteiger partial charge in [0, 0.05) is 10.6 Å². The summed E-state index contributed by atoms with van der Waals surface area (Å²) < 4.78 is 16.9. The van der Waals surface area contributed by atoms with Crippen molar-refractivity contribution in [2.75, 3.05) is 6.61 Å². The maximum atomic E-state index is 12.3. The lowest BCUT2D eigenvalue weighted by Crippen LogP contribution is -2.36. The van der Waals surface area contributed by atoms with Crippen LogP contribution in [0.5, 0.6) is 0 Å². The molecular formula is C22H24ClN3O4. The minimum absolute atomic E-state index is 0.130. The molecule has 0 unspecified atom stereocenters. The van der Waals surface area contributed by atoms with Gasteiger partial charge in [-0.15, -0.1) is 10.2 Å². The van der Waals surface area contributed by atoms with Crippen LogP contribution >= 0.6 is 11.6 Å². The molecule has 3 aromatic rings. The first-order valence-electron chi connectivity index (χ1n) is 9.51. The van der Waals surface area contributed by atoms with E-state index in [4.69, 9.17) is 25.5 Å². The van der Waals surface area contributed by atoms with E-state index in [0.29, 0.717) is 23.1 Å². The van der Waals surface area contributed by atoms with E-state index >= 15 is 0 Å². The Morgan fingerprint density at radius 2 is 1.90 bits per heavy atom. The molecule has 0 fully saturated rings. The monoisotopic (exact) mass is 429 g/mol. The van der Waals surface area contributed by atoms with Gasteiger partial charge in [0.2, 0.25) is 11.8 Å². The fourth-order valence-electron chi connectivity index (χ4n) is 2.61. The Hall–Kier alpha value is -2.90. The highest BCUT2D eigenvalue weighted by Gasteiger charge is 2.25. The molecular weight excluding hydrogens is 406 g/mol. The lowest BCUT2D eigenvalue weighted by molar-refractivity contribution is 0.0405. The molecule has 0 bridgehead atoms. The summed E-state index contributed by atoms with van der Waals surface area (Å²) in [5.74, 6) is 0.510. The summed E-state index contributed by atoms with van der Waals surface area (Å²) in [6.45, 7) is 5.88. The minimum atomic E-state index is -0.677. The van der Waals surface area contributed by atoms with Crippen LogP contribution in [0.4, 0.5) is 4.79 Å². The average molecular weight is 430 g/mol. The van der Waals surface area contributed by atoms with Crippen LogP contribution in [0.3, 0.4) is 0 Å². The third kappa shape index (κ3) is 6.57. The molecule has 1 aromatic heterocycles. The molecule has 1 amide bonds. The van der Waals surface area contributed by atoms with E-state index in [1.54, 1.807) is 39.0 Å². The Bertz CT molecular complexity index is 970. The number of ether oxygens (including phenoxy) is 2. The number of halogens is 1. The summed E-state index contributed by atoms with van der Waals surface area (Å²) in [7, 11) is 0. The van der Waals surface area contributed by atoms with Crippen molar-refractivity contribution >= 4 is 17.7 Å². The van der Waals surface area contributed by atoms with Crippen molar-refractivity contribution in [2.24, 2.45) is 0 Å². The Morgan fingerprint density at radius 3 is 2.60 bits per heavy atom. The summed E-state index contributed by atoms with van der Waals surface area (Å²) >= 11 is 6.04. The quantitative estimate of drug-likeness (QED) is 0.557. The van der Waals surface area contributed by atoms with Crippen molar-refractivity contribution in [1.29, 1.82) is 0 Å². The normalized spacial score (nSPS) is 12.4. The summed E-state index contributed by atoms with van der Waals surface area (Å²) in [5, 5.41) is 11.5. The second-order valence-electron chi connectivity index (χ2n) is 7.66. The van der Waals surface area contributed by atoms with Gasteiger partial charge < -0.3 is 19.2 Å². The van der Waals surface area contributed by atoms with Crippen molar-refractivity contribution in [2.45, 2.75) is 39.0 Å². The van der Waals surface area contributed by atoms with Crippen LogP contribution in [0, 0.1) is 0 Å². The largest absolute Gasteiger partial charge is 0.444 e. The van der Waals surface area contributed by atoms with E-state index in [1.165, 1.54) is 0 Å². The third-order valence-electron chi connectivity index (χ3n) is 3.90. The average Bonchev–Trinajstić information content (AvgIpc) is 3.17. The smallest absolute Gasteiger partial charge is 0.408 e. The number of nitrogens with zero attached hydrogens (tertiary/aromatic N) is 2. The van der Waals surface area contributed by atoms with Crippen molar-refractivity contribution < 1.29 is 18.7 Å². The lowest BCUT2D eigenvalue weighted by atomic mass is 10.2. The number of nitrogens with one attached hydrogen (secondary N) is 1. The molecule has 0 aliphatic rings. The van der Waals surface area contributed by atoms with E-state index in [1.807, 2.05) is 36.4 Å². The highest BCUT2D eigenvalue weighted by Crippen LogP contribution is 2.24. The number of carbonyl (C=O) groups excluding carboxylic acids is 1. The van der Waals surface area contributed by atoms with Crippen molar-refractivity contribution in [3.8, 4) is 11.5 Å². The van der Waals surface area contributed by atoms with Gasteiger partial charge in [-0.25, -0.2) is 4.79 Å². The van der Waals surface area contributed by atoms with Gasteiger partial charge in [0.25, 0.3) is 0 Å². The lowest BCUT2D eigenvalue weighted by Gasteiger charge is -2.22. The maximum absolute atomic E-state index is 12.3. The first kappa shape index (κ1) is 21.8. The van der Waals surface area contributed by atoms with E-state index in [9.17, 15) is 4.79 Å². The van der Waals surface area contributed by atoms with Gasteiger partial charge in [-0.1, -0.05) is 48.0 Å². The van der Waals surface area contributed by atoms with Crippen LogP contribution in [0.15, 0.2) is 59.0 Å². The number of alkyl carbamates (subject to hydrolysis) is 1. The second kappa shape index (κ2) is 9.73. The van der Waals surface area contributed by atoms with Gasteiger partial charge in [-0.2, -0.15) is 0 Å². The highest BCUT2D eigenvalue weighted by atomic mass is 35.5. The molecule has 0 aliphatic carbocycles. The van der Waals surface area contributed by atoms with Gasteiger partial charge >= 0.3 is 6.09 Å². The standard InChI is InChI=1S/C22H24ClN3O4/c1-22(2,3)30-21(27)24-18(14-28-13-15-8-5-4-6-9-15)20-26-25-19(29-20)16-10-7-11-17(23)12-16/h4-12,18H,13-14H2,1-3H3,(H,24,27)/t18-/m1/s1. The molecule has 1 heterocycles. The van der Waals surface area contributed by atoms with E-state index in [2.05, 4.69) is 15.5 Å². The van der Waals surface area contributed by atoms with Crippen LogP contribution in [0.25, 0.3) is 11.5 Å². The number of hydrogen-bond donors (Lipinski definition) is 1. The van der Waals surface area contributed by atoms with Crippen molar-refractivity contribution in [1.82, 2.24) is 15.5 Å². The topological polar surface area (TPSA) is 86.5 Å². The fourth-order valence-corrected chi connectivity index (χ4v) is 2.80.